The Kier molecular flexibility index (Phi) is 5.63. The van der Waals surface area contributed by atoms with Crippen LogP contribution in [-0.4, -0.2) is 11.9 Å². The number of allylic oxidation sites excluding steroid dienone is 1. The highest BCUT2D eigenvalue weighted by Crippen LogP contribution is 2.44. The standard InChI is InChI=1S/C28H27FN2O2/c1-17(2)33-22-13-9-19(10-14-22)28-27-25(30-23-5-3-4-6-24(23)31-28)15-20(16-26(27)32)18-7-11-21(29)12-8-18/h3-14,17,20,28,30-31H,15-16H2,1-2H3. The molecule has 0 saturated heterocycles. The van der Waals surface area contributed by atoms with Gasteiger partial charge in [-0.1, -0.05) is 36.4 Å². The van der Waals surface area contributed by atoms with Crippen molar-refractivity contribution in [2.24, 2.45) is 0 Å². The van der Waals surface area contributed by atoms with Crippen molar-refractivity contribution in [1.29, 1.82) is 0 Å². The van der Waals surface area contributed by atoms with E-state index in [2.05, 4.69) is 10.6 Å². The summed E-state index contributed by atoms with van der Waals surface area (Å²) >= 11 is 0. The third-order valence-electron chi connectivity index (χ3n) is 6.24. The van der Waals surface area contributed by atoms with Gasteiger partial charge < -0.3 is 15.4 Å². The second kappa shape index (κ2) is 8.74. The molecule has 4 nitrogen and oxygen atoms in total. The Hall–Kier alpha value is -3.60. The molecule has 2 N–H and O–H groups in total. The highest BCUT2D eigenvalue weighted by atomic mass is 19.1. The molecule has 0 fully saturated rings. The molecule has 3 aromatic carbocycles. The molecule has 0 bridgehead atoms. The van der Waals surface area contributed by atoms with Crippen LogP contribution in [0.4, 0.5) is 15.8 Å². The molecule has 5 heteroatoms. The lowest BCUT2D eigenvalue weighted by molar-refractivity contribution is -0.116. The molecule has 1 aliphatic carbocycles. The minimum atomic E-state index is -0.272. The highest BCUT2D eigenvalue weighted by Gasteiger charge is 2.36. The number of hydrogen-bond acceptors (Lipinski definition) is 4. The van der Waals surface area contributed by atoms with Gasteiger partial charge in [0, 0.05) is 17.7 Å². The van der Waals surface area contributed by atoms with Crippen molar-refractivity contribution in [3.8, 4) is 5.75 Å². The van der Waals surface area contributed by atoms with Gasteiger partial charge in [-0.2, -0.15) is 0 Å². The fraction of sp³-hybridized carbons (Fsp3) is 0.250. The van der Waals surface area contributed by atoms with E-state index < -0.39 is 0 Å². The minimum Gasteiger partial charge on any atom is -0.491 e. The molecule has 2 atom stereocenters. The van der Waals surface area contributed by atoms with Crippen molar-refractivity contribution in [2.45, 2.75) is 44.8 Å². The van der Waals surface area contributed by atoms with Gasteiger partial charge in [-0.05, 0) is 73.7 Å². The number of fused-ring (bicyclic) bond motifs is 1. The first kappa shape index (κ1) is 21.3. The molecule has 33 heavy (non-hydrogen) atoms. The Balaban J connectivity index is 1.54. The van der Waals surface area contributed by atoms with Crippen LogP contribution in [-0.2, 0) is 4.79 Å². The van der Waals surface area contributed by atoms with Gasteiger partial charge in [0.15, 0.2) is 5.78 Å². The normalized spacial score (nSPS) is 19.8. The zero-order chi connectivity index (χ0) is 22.9. The van der Waals surface area contributed by atoms with Crippen molar-refractivity contribution in [1.82, 2.24) is 0 Å². The molecule has 0 spiro atoms. The van der Waals surface area contributed by atoms with Crippen LogP contribution < -0.4 is 15.4 Å². The summed E-state index contributed by atoms with van der Waals surface area (Å²) in [5.74, 6) is 0.654. The highest BCUT2D eigenvalue weighted by molar-refractivity contribution is 6.01. The SMILES string of the molecule is CC(C)Oc1ccc(C2Nc3ccccc3NC3=C2C(=O)CC(c2ccc(F)cc2)C3)cc1. The first-order chi connectivity index (χ1) is 16.0. The van der Waals surface area contributed by atoms with Crippen molar-refractivity contribution >= 4 is 17.2 Å². The van der Waals surface area contributed by atoms with Crippen LogP contribution in [0.15, 0.2) is 84.1 Å². The zero-order valence-corrected chi connectivity index (χ0v) is 18.8. The first-order valence-electron chi connectivity index (χ1n) is 11.4. The van der Waals surface area contributed by atoms with E-state index in [1.807, 2.05) is 62.4 Å². The van der Waals surface area contributed by atoms with E-state index in [4.69, 9.17) is 4.74 Å². The van der Waals surface area contributed by atoms with E-state index in [0.29, 0.717) is 12.8 Å². The average molecular weight is 443 g/mol. The van der Waals surface area contributed by atoms with Gasteiger partial charge in [0.25, 0.3) is 0 Å². The number of anilines is 2. The maximum atomic E-state index is 13.5. The van der Waals surface area contributed by atoms with Crippen molar-refractivity contribution in [3.63, 3.8) is 0 Å². The van der Waals surface area contributed by atoms with E-state index >= 15 is 0 Å². The fourth-order valence-electron chi connectivity index (χ4n) is 4.72. The fourth-order valence-corrected chi connectivity index (χ4v) is 4.72. The number of hydrogen-bond donors (Lipinski definition) is 2. The molecule has 0 radical (unpaired) electrons. The second-order valence-corrected chi connectivity index (χ2v) is 8.96. The van der Waals surface area contributed by atoms with Gasteiger partial charge in [0.1, 0.15) is 11.6 Å². The number of ether oxygens (including phenoxy) is 1. The molecular formula is C28H27FN2O2. The molecular weight excluding hydrogens is 415 g/mol. The molecule has 0 amide bonds. The predicted molar refractivity (Wildman–Crippen MR) is 129 cm³/mol. The van der Waals surface area contributed by atoms with Crippen molar-refractivity contribution in [3.05, 3.63) is 101 Å². The summed E-state index contributed by atoms with van der Waals surface area (Å²) in [6.45, 7) is 4.00. The van der Waals surface area contributed by atoms with Crippen LogP contribution in [0, 0.1) is 5.82 Å². The monoisotopic (exact) mass is 442 g/mol. The molecule has 2 unspecified atom stereocenters. The molecule has 2 aliphatic rings. The first-order valence-corrected chi connectivity index (χ1v) is 11.4. The zero-order valence-electron chi connectivity index (χ0n) is 18.8. The molecule has 0 aromatic heterocycles. The lowest BCUT2D eigenvalue weighted by Gasteiger charge is -2.30. The number of benzene rings is 3. The Morgan fingerprint density at radius 2 is 1.55 bits per heavy atom. The molecule has 0 saturated carbocycles. The lowest BCUT2D eigenvalue weighted by atomic mass is 9.78. The summed E-state index contributed by atoms with van der Waals surface area (Å²) in [4.78, 5) is 13.5. The van der Waals surface area contributed by atoms with Gasteiger partial charge in [0.2, 0.25) is 0 Å². The molecule has 1 heterocycles. The number of para-hydroxylation sites is 2. The van der Waals surface area contributed by atoms with Crippen molar-refractivity contribution in [2.75, 3.05) is 10.6 Å². The third-order valence-corrected chi connectivity index (χ3v) is 6.24. The molecule has 1 aliphatic heterocycles. The summed E-state index contributed by atoms with van der Waals surface area (Å²) in [5, 5.41) is 7.13. The summed E-state index contributed by atoms with van der Waals surface area (Å²) in [5.41, 5.74) is 5.57. The summed E-state index contributed by atoms with van der Waals surface area (Å²) in [6, 6.07) is 22.2. The maximum absolute atomic E-state index is 13.5. The second-order valence-electron chi connectivity index (χ2n) is 8.96. The van der Waals surface area contributed by atoms with Crippen LogP contribution in [0.2, 0.25) is 0 Å². The number of carbonyl (C=O) groups excluding carboxylic acids is 1. The van der Waals surface area contributed by atoms with E-state index in [1.54, 1.807) is 12.1 Å². The minimum absolute atomic E-state index is 0.0112. The molecule has 5 rings (SSSR count). The topological polar surface area (TPSA) is 50.4 Å². The van der Waals surface area contributed by atoms with E-state index in [1.165, 1.54) is 12.1 Å². The third kappa shape index (κ3) is 4.36. The van der Waals surface area contributed by atoms with E-state index in [0.717, 1.165) is 39.5 Å². The number of halogens is 1. The van der Waals surface area contributed by atoms with Crippen LogP contribution in [0.3, 0.4) is 0 Å². The summed E-state index contributed by atoms with van der Waals surface area (Å²) in [6.07, 6.45) is 1.18. The van der Waals surface area contributed by atoms with Gasteiger partial charge in [-0.15, -0.1) is 0 Å². The van der Waals surface area contributed by atoms with Crippen LogP contribution >= 0.6 is 0 Å². The number of carbonyl (C=O) groups is 1. The molecule has 3 aromatic rings. The predicted octanol–water partition coefficient (Wildman–Crippen LogP) is 6.59. The molecule has 168 valence electrons. The van der Waals surface area contributed by atoms with Gasteiger partial charge >= 0.3 is 0 Å². The van der Waals surface area contributed by atoms with E-state index in [-0.39, 0.29) is 29.7 Å². The smallest absolute Gasteiger partial charge is 0.163 e. The van der Waals surface area contributed by atoms with Crippen molar-refractivity contribution < 1.29 is 13.9 Å². The van der Waals surface area contributed by atoms with Gasteiger partial charge in [0.05, 0.1) is 23.5 Å². The number of Topliss-reactive ketones (excluding diaryl/α,β-unsaturated/α-hetero) is 1. The quantitative estimate of drug-likeness (QED) is 0.478. The number of rotatable bonds is 4. The van der Waals surface area contributed by atoms with Crippen LogP contribution in [0.5, 0.6) is 5.75 Å². The Morgan fingerprint density at radius 3 is 2.24 bits per heavy atom. The average Bonchev–Trinajstić information content (AvgIpc) is 2.96. The number of ketones is 1. The van der Waals surface area contributed by atoms with Crippen LogP contribution in [0.25, 0.3) is 0 Å². The Labute approximate surface area is 193 Å². The van der Waals surface area contributed by atoms with Crippen LogP contribution in [0.1, 0.15) is 49.8 Å². The van der Waals surface area contributed by atoms with Gasteiger partial charge in [-0.3, -0.25) is 4.79 Å². The Morgan fingerprint density at radius 1 is 0.879 bits per heavy atom. The summed E-state index contributed by atoms with van der Waals surface area (Å²) < 4.78 is 19.2. The maximum Gasteiger partial charge on any atom is 0.163 e. The lowest BCUT2D eigenvalue weighted by Crippen LogP contribution is -2.26. The summed E-state index contributed by atoms with van der Waals surface area (Å²) in [7, 11) is 0. The van der Waals surface area contributed by atoms with Gasteiger partial charge in [-0.25, -0.2) is 4.39 Å². The number of nitrogens with one attached hydrogen (secondary N) is 2. The largest absolute Gasteiger partial charge is 0.491 e. The Bertz CT molecular complexity index is 1200. The van der Waals surface area contributed by atoms with E-state index in [9.17, 15) is 9.18 Å².